The lowest BCUT2D eigenvalue weighted by atomic mass is 9.82. The van der Waals surface area contributed by atoms with Crippen molar-refractivity contribution < 1.29 is 22.7 Å². The summed E-state index contributed by atoms with van der Waals surface area (Å²) >= 11 is 0. The molecule has 0 amide bonds. The fourth-order valence-electron chi connectivity index (χ4n) is 4.04. The molecule has 0 aromatic heterocycles. The van der Waals surface area contributed by atoms with Gasteiger partial charge in [-0.05, 0) is 82.0 Å². The van der Waals surface area contributed by atoms with Crippen LogP contribution in [0.3, 0.4) is 0 Å². The van der Waals surface area contributed by atoms with Crippen LogP contribution in [-0.2, 0) is 25.6 Å². The van der Waals surface area contributed by atoms with E-state index in [1.807, 2.05) is 6.07 Å². The number of rotatable bonds is 7. The fourth-order valence-corrected chi connectivity index (χ4v) is 4.04. The first kappa shape index (κ1) is 23.7. The molecule has 3 rings (SSSR count). The zero-order valence-corrected chi connectivity index (χ0v) is 18.1. The van der Waals surface area contributed by atoms with E-state index in [4.69, 9.17) is 0 Å². The third kappa shape index (κ3) is 5.10. The van der Waals surface area contributed by atoms with Gasteiger partial charge >= 0.3 is 6.18 Å². The van der Waals surface area contributed by atoms with Crippen molar-refractivity contribution >= 4 is 6.08 Å². The maximum absolute atomic E-state index is 13.6. The van der Waals surface area contributed by atoms with Crippen LogP contribution in [0.5, 0.6) is 0 Å². The van der Waals surface area contributed by atoms with Gasteiger partial charge in [0.25, 0.3) is 0 Å². The summed E-state index contributed by atoms with van der Waals surface area (Å²) in [6.07, 6.45) is -1.57. The number of aryl methyl sites for hydroxylation is 1. The van der Waals surface area contributed by atoms with Crippen molar-refractivity contribution in [3.05, 3.63) is 100 Å². The van der Waals surface area contributed by atoms with Crippen molar-refractivity contribution in [2.45, 2.75) is 45.4 Å². The molecule has 0 aliphatic carbocycles. The number of aliphatic hydroxyl groups excluding tert-OH is 1. The normalized spacial score (nSPS) is 11.8. The lowest BCUT2D eigenvalue weighted by Gasteiger charge is -2.23. The molecular formula is C27H26F4O. The highest BCUT2D eigenvalue weighted by Gasteiger charge is 2.30. The Hall–Kier alpha value is -2.92. The lowest BCUT2D eigenvalue weighted by Crippen LogP contribution is -2.08. The second kappa shape index (κ2) is 9.70. The zero-order chi connectivity index (χ0) is 23.5. The van der Waals surface area contributed by atoms with Gasteiger partial charge in [-0.15, -0.1) is 0 Å². The van der Waals surface area contributed by atoms with E-state index in [1.165, 1.54) is 24.3 Å². The standard InChI is InChI=1S/C27H26F4O/c1-4-19-15-24(17(2)3)23(14-7-18-5-10-21(11-6-18)27(29,30)31)26(25(19)16-32)20-8-12-22(28)13-9-20/h4-6,8-13,15,17,32H,1,7,14,16H2,2-3H3. The van der Waals surface area contributed by atoms with Crippen LogP contribution >= 0.6 is 0 Å². The van der Waals surface area contributed by atoms with Crippen molar-refractivity contribution in [3.8, 4) is 11.1 Å². The summed E-state index contributed by atoms with van der Waals surface area (Å²) in [6.45, 7) is 7.80. The Bertz CT molecular complexity index is 1080. The van der Waals surface area contributed by atoms with Gasteiger partial charge in [-0.25, -0.2) is 4.39 Å². The third-order valence-electron chi connectivity index (χ3n) is 5.69. The molecule has 32 heavy (non-hydrogen) atoms. The van der Waals surface area contributed by atoms with E-state index in [1.54, 1.807) is 18.2 Å². The monoisotopic (exact) mass is 442 g/mol. The maximum Gasteiger partial charge on any atom is 0.416 e. The Labute approximate surface area is 186 Å². The van der Waals surface area contributed by atoms with Gasteiger partial charge in [0, 0.05) is 0 Å². The highest BCUT2D eigenvalue weighted by molar-refractivity contribution is 5.77. The number of benzene rings is 3. The number of aliphatic hydroxyl groups is 1. The van der Waals surface area contributed by atoms with E-state index in [9.17, 15) is 22.7 Å². The average Bonchev–Trinajstić information content (AvgIpc) is 2.76. The highest BCUT2D eigenvalue weighted by Crippen LogP contribution is 2.37. The summed E-state index contributed by atoms with van der Waals surface area (Å²) in [4.78, 5) is 0. The quantitative estimate of drug-likeness (QED) is 0.375. The van der Waals surface area contributed by atoms with Gasteiger partial charge in [-0.1, -0.05) is 56.8 Å². The van der Waals surface area contributed by atoms with Crippen molar-refractivity contribution in [1.82, 2.24) is 0 Å². The van der Waals surface area contributed by atoms with Crippen molar-refractivity contribution in [2.24, 2.45) is 0 Å². The SMILES string of the molecule is C=Cc1cc(C(C)C)c(CCc2ccc(C(F)(F)F)cc2)c(-c2ccc(F)cc2)c1CO. The Morgan fingerprint density at radius 3 is 2.06 bits per heavy atom. The molecule has 3 aromatic carbocycles. The van der Waals surface area contributed by atoms with E-state index >= 15 is 0 Å². The van der Waals surface area contributed by atoms with Crippen LogP contribution in [0.2, 0.25) is 0 Å². The molecule has 0 bridgehead atoms. The second-order valence-corrected chi connectivity index (χ2v) is 8.11. The number of alkyl halides is 3. The van der Waals surface area contributed by atoms with Crippen molar-refractivity contribution in [1.29, 1.82) is 0 Å². The van der Waals surface area contributed by atoms with Gasteiger partial charge in [0.15, 0.2) is 0 Å². The summed E-state index contributed by atoms with van der Waals surface area (Å²) in [5.74, 6) is -0.183. The first-order valence-corrected chi connectivity index (χ1v) is 10.5. The van der Waals surface area contributed by atoms with Gasteiger partial charge in [0.2, 0.25) is 0 Å². The Kier molecular flexibility index (Phi) is 7.19. The molecule has 0 heterocycles. The minimum absolute atomic E-state index is 0.170. The van der Waals surface area contributed by atoms with E-state index in [0.717, 1.165) is 45.5 Å². The molecular weight excluding hydrogens is 416 g/mol. The molecule has 0 aliphatic rings. The maximum atomic E-state index is 13.6. The minimum atomic E-state index is -4.37. The average molecular weight is 442 g/mol. The third-order valence-corrected chi connectivity index (χ3v) is 5.69. The molecule has 168 valence electrons. The fraction of sp³-hybridized carbons (Fsp3) is 0.259. The van der Waals surface area contributed by atoms with Gasteiger partial charge < -0.3 is 5.11 Å². The topological polar surface area (TPSA) is 20.2 Å². The molecule has 0 saturated heterocycles. The predicted molar refractivity (Wildman–Crippen MR) is 121 cm³/mol. The summed E-state index contributed by atoms with van der Waals surface area (Å²) < 4.78 is 52.2. The second-order valence-electron chi connectivity index (χ2n) is 8.11. The number of halogens is 4. The Morgan fingerprint density at radius 1 is 0.938 bits per heavy atom. The molecule has 0 spiro atoms. The first-order valence-electron chi connectivity index (χ1n) is 10.5. The summed E-state index contributed by atoms with van der Waals surface area (Å²) in [7, 11) is 0. The van der Waals surface area contributed by atoms with Gasteiger partial charge in [-0.2, -0.15) is 13.2 Å². The van der Waals surface area contributed by atoms with Gasteiger partial charge in [0.1, 0.15) is 5.82 Å². The molecule has 0 saturated carbocycles. The molecule has 0 aliphatic heterocycles. The minimum Gasteiger partial charge on any atom is -0.392 e. The highest BCUT2D eigenvalue weighted by atomic mass is 19.4. The van der Waals surface area contributed by atoms with Crippen molar-refractivity contribution in [3.63, 3.8) is 0 Å². The van der Waals surface area contributed by atoms with E-state index in [-0.39, 0.29) is 18.3 Å². The summed E-state index contributed by atoms with van der Waals surface area (Å²) in [6, 6.07) is 13.3. The number of hydrogen-bond acceptors (Lipinski definition) is 1. The first-order chi connectivity index (χ1) is 15.2. The van der Waals surface area contributed by atoms with Crippen LogP contribution in [0.25, 0.3) is 17.2 Å². The van der Waals surface area contributed by atoms with Crippen LogP contribution in [0, 0.1) is 5.82 Å². The molecule has 5 heteroatoms. The molecule has 0 fully saturated rings. The molecule has 0 unspecified atom stereocenters. The summed E-state index contributed by atoms with van der Waals surface area (Å²) in [5.41, 5.74) is 5.32. The lowest BCUT2D eigenvalue weighted by molar-refractivity contribution is -0.137. The van der Waals surface area contributed by atoms with Gasteiger partial charge in [-0.3, -0.25) is 0 Å². The molecule has 3 aromatic rings. The van der Waals surface area contributed by atoms with Crippen LogP contribution in [0.4, 0.5) is 17.6 Å². The van der Waals surface area contributed by atoms with Crippen LogP contribution in [-0.4, -0.2) is 5.11 Å². The van der Waals surface area contributed by atoms with Crippen LogP contribution < -0.4 is 0 Å². The van der Waals surface area contributed by atoms with E-state index in [0.29, 0.717) is 18.4 Å². The molecule has 1 N–H and O–H groups in total. The number of hydrogen-bond donors (Lipinski definition) is 1. The van der Waals surface area contributed by atoms with Crippen LogP contribution in [0.15, 0.2) is 61.2 Å². The molecule has 0 radical (unpaired) electrons. The molecule has 0 atom stereocenters. The van der Waals surface area contributed by atoms with Crippen molar-refractivity contribution in [2.75, 3.05) is 0 Å². The Balaban J connectivity index is 2.10. The van der Waals surface area contributed by atoms with Gasteiger partial charge in [0.05, 0.1) is 12.2 Å². The van der Waals surface area contributed by atoms with E-state index < -0.39 is 11.7 Å². The predicted octanol–water partition coefficient (Wildman–Crippen LogP) is 7.56. The zero-order valence-electron chi connectivity index (χ0n) is 18.1. The molecule has 1 nitrogen and oxygen atoms in total. The largest absolute Gasteiger partial charge is 0.416 e. The van der Waals surface area contributed by atoms with Crippen LogP contribution in [0.1, 0.15) is 53.1 Å². The summed E-state index contributed by atoms with van der Waals surface area (Å²) in [5, 5.41) is 10.2. The van der Waals surface area contributed by atoms with E-state index in [2.05, 4.69) is 20.4 Å². The Morgan fingerprint density at radius 2 is 1.56 bits per heavy atom. The smallest absolute Gasteiger partial charge is 0.392 e.